The maximum atomic E-state index is 6.08. The van der Waals surface area contributed by atoms with Crippen molar-refractivity contribution in [3.05, 3.63) is 28.3 Å². The Kier molecular flexibility index (Phi) is 4.92. The zero-order valence-electron chi connectivity index (χ0n) is 9.56. The molecule has 1 aromatic rings. The second-order valence-corrected chi connectivity index (χ2v) is 4.03. The Labute approximate surface area is 96.6 Å². The summed E-state index contributed by atoms with van der Waals surface area (Å²) < 4.78 is 5.33. The standard InChI is InChI=1S/C12H18ClNO/c1-9-7-12(15-3)10(8-11(9)13)5-4-6-14-2/h7-8,14H,4-6H2,1-3H3. The first-order valence-corrected chi connectivity index (χ1v) is 5.54. The summed E-state index contributed by atoms with van der Waals surface area (Å²) in [6.45, 7) is 3.00. The second kappa shape index (κ2) is 5.99. The number of halogens is 1. The average molecular weight is 228 g/mol. The van der Waals surface area contributed by atoms with Gasteiger partial charge in [-0.1, -0.05) is 11.6 Å². The van der Waals surface area contributed by atoms with E-state index in [1.54, 1.807) is 7.11 Å². The van der Waals surface area contributed by atoms with Gasteiger partial charge in [0.1, 0.15) is 5.75 Å². The smallest absolute Gasteiger partial charge is 0.122 e. The van der Waals surface area contributed by atoms with Gasteiger partial charge in [-0.25, -0.2) is 0 Å². The van der Waals surface area contributed by atoms with E-state index in [0.29, 0.717) is 0 Å². The van der Waals surface area contributed by atoms with Crippen molar-refractivity contribution in [2.24, 2.45) is 0 Å². The van der Waals surface area contributed by atoms with E-state index in [0.717, 1.165) is 35.7 Å². The molecule has 3 heteroatoms. The van der Waals surface area contributed by atoms with Crippen LogP contribution in [0.1, 0.15) is 17.5 Å². The molecule has 0 aliphatic rings. The highest BCUT2D eigenvalue weighted by Crippen LogP contribution is 2.27. The van der Waals surface area contributed by atoms with Gasteiger partial charge in [-0.3, -0.25) is 0 Å². The van der Waals surface area contributed by atoms with Crippen LogP contribution in [-0.4, -0.2) is 20.7 Å². The van der Waals surface area contributed by atoms with E-state index < -0.39 is 0 Å². The highest BCUT2D eigenvalue weighted by atomic mass is 35.5. The molecule has 0 amide bonds. The summed E-state index contributed by atoms with van der Waals surface area (Å²) in [5, 5.41) is 3.94. The van der Waals surface area contributed by atoms with Gasteiger partial charge >= 0.3 is 0 Å². The van der Waals surface area contributed by atoms with Crippen molar-refractivity contribution in [2.75, 3.05) is 20.7 Å². The van der Waals surface area contributed by atoms with E-state index in [9.17, 15) is 0 Å². The lowest BCUT2D eigenvalue weighted by Gasteiger charge is -2.10. The van der Waals surface area contributed by atoms with Gasteiger partial charge in [0.05, 0.1) is 7.11 Å². The van der Waals surface area contributed by atoms with Crippen LogP contribution in [0.15, 0.2) is 12.1 Å². The van der Waals surface area contributed by atoms with Crippen LogP contribution in [0.2, 0.25) is 5.02 Å². The van der Waals surface area contributed by atoms with Gasteiger partial charge in [0.2, 0.25) is 0 Å². The number of nitrogens with one attached hydrogen (secondary N) is 1. The fourth-order valence-corrected chi connectivity index (χ4v) is 1.72. The molecule has 0 atom stereocenters. The first kappa shape index (κ1) is 12.3. The fourth-order valence-electron chi connectivity index (χ4n) is 1.54. The van der Waals surface area contributed by atoms with E-state index in [1.165, 1.54) is 5.56 Å². The van der Waals surface area contributed by atoms with E-state index in [2.05, 4.69) is 5.32 Å². The maximum absolute atomic E-state index is 6.08. The van der Waals surface area contributed by atoms with Crippen molar-refractivity contribution in [2.45, 2.75) is 19.8 Å². The molecule has 1 N–H and O–H groups in total. The van der Waals surface area contributed by atoms with Gasteiger partial charge in [-0.15, -0.1) is 0 Å². The summed E-state index contributed by atoms with van der Waals surface area (Å²) in [5.41, 5.74) is 2.24. The SMILES string of the molecule is CNCCCc1cc(Cl)c(C)cc1OC. The monoisotopic (exact) mass is 227 g/mol. The highest BCUT2D eigenvalue weighted by Gasteiger charge is 2.06. The summed E-state index contributed by atoms with van der Waals surface area (Å²) in [7, 11) is 3.66. The molecule has 0 radical (unpaired) electrons. The third-order valence-corrected chi connectivity index (χ3v) is 2.84. The minimum Gasteiger partial charge on any atom is -0.496 e. The first-order valence-electron chi connectivity index (χ1n) is 5.16. The molecule has 0 saturated carbocycles. The van der Waals surface area contributed by atoms with Crippen LogP contribution < -0.4 is 10.1 Å². The summed E-state index contributed by atoms with van der Waals surface area (Å²) in [6.07, 6.45) is 2.08. The molecule has 0 aliphatic heterocycles. The molecule has 0 unspecified atom stereocenters. The number of hydrogen-bond acceptors (Lipinski definition) is 2. The summed E-state index contributed by atoms with van der Waals surface area (Å²) in [4.78, 5) is 0. The predicted molar refractivity (Wildman–Crippen MR) is 65.0 cm³/mol. The molecule has 15 heavy (non-hydrogen) atoms. The van der Waals surface area contributed by atoms with Crippen LogP contribution in [0.5, 0.6) is 5.75 Å². The minimum absolute atomic E-state index is 0.815. The van der Waals surface area contributed by atoms with Crippen LogP contribution in [0.3, 0.4) is 0 Å². The Bertz CT molecular complexity index is 326. The van der Waals surface area contributed by atoms with Crippen molar-refractivity contribution in [1.29, 1.82) is 0 Å². The topological polar surface area (TPSA) is 21.3 Å². The van der Waals surface area contributed by atoms with Crippen molar-refractivity contribution in [1.82, 2.24) is 5.32 Å². The molecule has 0 bridgehead atoms. The number of ether oxygens (including phenoxy) is 1. The van der Waals surface area contributed by atoms with E-state index in [4.69, 9.17) is 16.3 Å². The molecular formula is C12H18ClNO. The van der Waals surface area contributed by atoms with E-state index >= 15 is 0 Å². The molecule has 0 fully saturated rings. The lowest BCUT2D eigenvalue weighted by molar-refractivity contribution is 0.408. The summed E-state index contributed by atoms with van der Waals surface area (Å²) >= 11 is 6.08. The Hall–Kier alpha value is -0.730. The molecule has 2 nitrogen and oxygen atoms in total. The molecule has 1 aromatic carbocycles. The van der Waals surface area contributed by atoms with Gasteiger partial charge in [-0.2, -0.15) is 0 Å². The lowest BCUT2D eigenvalue weighted by Crippen LogP contribution is -2.08. The zero-order valence-corrected chi connectivity index (χ0v) is 10.3. The fraction of sp³-hybridized carbons (Fsp3) is 0.500. The largest absolute Gasteiger partial charge is 0.496 e. The van der Waals surface area contributed by atoms with E-state index in [1.807, 2.05) is 26.1 Å². The average Bonchev–Trinajstić information content (AvgIpc) is 2.23. The maximum Gasteiger partial charge on any atom is 0.122 e. The van der Waals surface area contributed by atoms with Gasteiger partial charge in [0, 0.05) is 5.02 Å². The molecular weight excluding hydrogens is 210 g/mol. The number of rotatable bonds is 5. The molecule has 0 saturated heterocycles. The molecule has 0 spiro atoms. The Balaban J connectivity index is 2.80. The van der Waals surface area contributed by atoms with Crippen LogP contribution in [0.25, 0.3) is 0 Å². The Morgan fingerprint density at radius 2 is 2.13 bits per heavy atom. The second-order valence-electron chi connectivity index (χ2n) is 3.62. The molecule has 1 rings (SSSR count). The normalized spacial score (nSPS) is 10.4. The van der Waals surface area contributed by atoms with Gasteiger partial charge in [0.25, 0.3) is 0 Å². The quantitative estimate of drug-likeness (QED) is 0.782. The van der Waals surface area contributed by atoms with Crippen LogP contribution >= 0.6 is 11.6 Å². The number of benzene rings is 1. The van der Waals surface area contributed by atoms with Crippen LogP contribution in [-0.2, 0) is 6.42 Å². The zero-order chi connectivity index (χ0) is 11.3. The molecule has 84 valence electrons. The number of methoxy groups -OCH3 is 1. The number of aryl methyl sites for hydroxylation is 2. The summed E-state index contributed by atoms with van der Waals surface area (Å²) in [5.74, 6) is 0.938. The van der Waals surface area contributed by atoms with Crippen molar-refractivity contribution in [3.8, 4) is 5.75 Å². The Morgan fingerprint density at radius 3 is 2.73 bits per heavy atom. The lowest BCUT2D eigenvalue weighted by atomic mass is 10.1. The van der Waals surface area contributed by atoms with Crippen molar-refractivity contribution < 1.29 is 4.74 Å². The summed E-state index contributed by atoms with van der Waals surface area (Å²) in [6, 6.07) is 4.00. The molecule has 0 aromatic heterocycles. The van der Waals surface area contributed by atoms with Gasteiger partial charge in [-0.05, 0) is 56.6 Å². The highest BCUT2D eigenvalue weighted by molar-refractivity contribution is 6.31. The third kappa shape index (κ3) is 3.40. The van der Waals surface area contributed by atoms with E-state index in [-0.39, 0.29) is 0 Å². The van der Waals surface area contributed by atoms with Gasteiger partial charge < -0.3 is 10.1 Å². The molecule has 0 heterocycles. The van der Waals surface area contributed by atoms with Crippen molar-refractivity contribution >= 4 is 11.6 Å². The van der Waals surface area contributed by atoms with Gasteiger partial charge in [0.15, 0.2) is 0 Å². The minimum atomic E-state index is 0.815. The van der Waals surface area contributed by atoms with Crippen molar-refractivity contribution in [3.63, 3.8) is 0 Å². The Morgan fingerprint density at radius 1 is 1.40 bits per heavy atom. The number of hydrogen-bond donors (Lipinski definition) is 1. The molecule has 0 aliphatic carbocycles. The van der Waals surface area contributed by atoms with Crippen LogP contribution in [0.4, 0.5) is 0 Å². The predicted octanol–water partition coefficient (Wildman–Crippen LogP) is 2.81. The third-order valence-electron chi connectivity index (χ3n) is 2.43. The van der Waals surface area contributed by atoms with Crippen LogP contribution in [0, 0.1) is 6.92 Å². The first-order chi connectivity index (χ1) is 7.19.